The number of thiophene rings is 1. The highest BCUT2D eigenvalue weighted by Gasteiger charge is 2.25. The zero-order valence-corrected chi connectivity index (χ0v) is 17.2. The van der Waals surface area contributed by atoms with Crippen LogP contribution in [0.1, 0.15) is 23.4 Å². The van der Waals surface area contributed by atoms with Gasteiger partial charge in [0.15, 0.2) is 6.54 Å². The van der Waals surface area contributed by atoms with Crippen molar-refractivity contribution in [3.63, 3.8) is 0 Å². The van der Waals surface area contributed by atoms with Crippen LogP contribution >= 0.6 is 11.3 Å². The van der Waals surface area contributed by atoms with Crippen LogP contribution in [0, 0.1) is 0 Å². The molecule has 1 aliphatic heterocycles. The van der Waals surface area contributed by atoms with E-state index in [0.29, 0.717) is 6.54 Å². The third kappa shape index (κ3) is 4.61. The smallest absolute Gasteiger partial charge is 0.275 e. The first-order chi connectivity index (χ1) is 13.7. The van der Waals surface area contributed by atoms with E-state index in [1.165, 1.54) is 26.1 Å². The number of amides is 1. The van der Waals surface area contributed by atoms with Gasteiger partial charge in [0.05, 0.1) is 6.04 Å². The van der Waals surface area contributed by atoms with E-state index in [0.717, 1.165) is 32.7 Å². The zero-order chi connectivity index (χ0) is 19.3. The Bertz CT molecular complexity index is 911. The fourth-order valence-electron chi connectivity index (χ4n) is 4.16. The molecular formula is C23H29N3OS+2. The van der Waals surface area contributed by atoms with Gasteiger partial charge in [-0.25, -0.2) is 0 Å². The van der Waals surface area contributed by atoms with E-state index in [2.05, 4.69) is 66.2 Å². The second-order valence-corrected chi connectivity index (χ2v) is 8.78. The Balaban J connectivity index is 1.27. The van der Waals surface area contributed by atoms with Gasteiger partial charge in [-0.15, -0.1) is 11.3 Å². The Morgan fingerprint density at radius 1 is 1.00 bits per heavy atom. The summed E-state index contributed by atoms with van der Waals surface area (Å²) in [6.07, 6.45) is 0. The van der Waals surface area contributed by atoms with E-state index in [4.69, 9.17) is 0 Å². The molecule has 0 aliphatic carbocycles. The quantitative estimate of drug-likeness (QED) is 0.574. The standard InChI is InChI=1S/C23H27N3OS/c1-18(22-10-5-15-28-22)24-23(27)17-26-13-11-25(12-14-26)16-20-8-4-7-19-6-2-3-9-21(19)20/h2-10,15,18H,11-14,16-17H2,1H3,(H,24,27)/p+2/t18-/m0/s1. The summed E-state index contributed by atoms with van der Waals surface area (Å²) >= 11 is 1.70. The third-order valence-corrected chi connectivity index (χ3v) is 6.80. The number of piperazine rings is 1. The molecule has 1 fully saturated rings. The first-order valence-corrected chi connectivity index (χ1v) is 11.0. The fraction of sp³-hybridized carbons (Fsp3) is 0.348. The van der Waals surface area contributed by atoms with E-state index in [9.17, 15) is 4.79 Å². The number of nitrogens with one attached hydrogen (secondary N) is 3. The molecule has 0 bridgehead atoms. The minimum atomic E-state index is 0.102. The molecule has 1 amide bonds. The predicted molar refractivity (Wildman–Crippen MR) is 115 cm³/mol. The van der Waals surface area contributed by atoms with Gasteiger partial charge in [0.25, 0.3) is 5.91 Å². The van der Waals surface area contributed by atoms with Gasteiger partial charge in [-0.1, -0.05) is 48.5 Å². The number of hydrogen-bond acceptors (Lipinski definition) is 2. The molecule has 1 aromatic heterocycles. The Kier molecular flexibility index (Phi) is 6.05. The molecular weight excluding hydrogens is 366 g/mol. The van der Waals surface area contributed by atoms with Crippen LogP contribution < -0.4 is 15.1 Å². The number of hydrogen-bond donors (Lipinski definition) is 3. The zero-order valence-electron chi connectivity index (χ0n) is 16.4. The van der Waals surface area contributed by atoms with Crippen molar-refractivity contribution in [2.75, 3.05) is 32.7 Å². The average molecular weight is 396 g/mol. The number of quaternary nitrogens is 2. The first kappa shape index (κ1) is 19.1. The molecule has 0 saturated carbocycles. The van der Waals surface area contributed by atoms with E-state index in [1.54, 1.807) is 16.2 Å². The molecule has 0 radical (unpaired) electrons. The molecule has 146 valence electrons. The summed E-state index contributed by atoms with van der Waals surface area (Å²) in [5.41, 5.74) is 1.43. The van der Waals surface area contributed by atoms with Gasteiger partial charge in [-0.05, 0) is 29.1 Å². The SMILES string of the molecule is C[C@H](NC(=O)C[NH+]1CC[NH+](Cc2cccc3ccccc23)CC1)c1cccs1. The van der Waals surface area contributed by atoms with Crippen LogP contribution in [-0.2, 0) is 11.3 Å². The van der Waals surface area contributed by atoms with Crippen molar-refractivity contribution in [3.8, 4) is 0 Å². The maximum atomic E-state index is 12.4. The molecule has 3 aromatic rings. The topological polar surface area (TPSA) is 38.0 Å². The second-order valence-electron chi connectivity index (χ2n) is 7.80. The van der Waals surface area contributed by atoms with Gasteiger partial charge in [0, 0.05) is 10.4 Å². The molecule has 1 atom stereocenters. The Hall–Kier alpha value is -2.21. The van der Waals surface area contributed by atoms with Crippen LogP contribution in [0.3, 0.4) is 0 Å². The van der Waals surface area contributed by atoms with E-state index in [1.807, 2.05) is 6.07 Å². The van der Waals surface area contributed by atoms with Crippen LogP contribution in [0.2, 0.25) is 0 Å². The monoisotopic (exact) mass is 395 g/mol. The number of carbonyl (C=O) groups excluding carboxylic acids is 1. The highest BCUT2D eigenvalue weighted by molar-refractivity contribution is 7.10. The molecule has 2 aromatic carbocycles. The summed E-state index contributed by atoms with van der Waals surface area (Å²) in [6, 6.07) is 19.5. The van der Waals surface area contributed by atoms with Crippen LogP contribution in [0.4, 0.5) is 0 Å². The lowest BCUT2D eigenvalue weighted by Gasteiger charge is -2.29. The number of benzene rings is 2. The second kappa shape index (κ2) is 8.86. The van der Waals surface area contributed by atoms with E-state index in [-0.39, 0.29) is 11.9 Å². The molecule has 0 spiro atoms. The summed E-state index contributed by atoms with van der Waals surface area (Å²) in [6.45, 7) is 8.05. The molecule has 5 heteroatoms. The van der Waals surface area contributed by atoms with Gasteiger partial charge in [0.1, 0.15) is 32.7 Å². The summed E-state index contributed by atoms with van der Waals surface area (Å²) in [5, 5.41) is 7.89. The molecule has 4 nitrogen and oxygen atoms in total. The molecule has 1 saturated heterocycles. The molecule has 3 N–H and O–H groups in total. The molecule has 2 heterocycles. The van der Waals surface area contributed by atoms with Crippen molar-refractivity contribution in [1.29, 1.82) is 0 Å². The Morgan fingerprint density at radius 2 is 1.75 bits per heavy atom. The van der Waals surface area contributed by atoms with Gasteiger partial charge in [-0.2, -0.15) is 0 Å². The fourth-order valence-corrected chi connectivity index (χ4v) is 4.89. The van der Waals surface area contributed by atoms with Crippen molar-refractivity contribution in [2.24, 2.45) is 0 Å². The molecule has 28 heavy (non-hydrogen) atoms. The average Bonchev–Trinajstić information content (AvgIpc) is 3.25. The summed E-state index contributed by atoms with van der Waals surface area (Å²) < 4.78 is 0. The number of rotatable bonds is 6. The number of carbonyl (C=O) groups is 1. The highest BCUT2D eigenvalue weighted by atomic mass is 32.1. The van der Waals surface area contributed by atoms with Gasteiger partial charge in [0.2, 0.25) is 0 Å². The maximum Gasteiger partial charge on any atom is 0.275 e. The lowest BCUT2D eigenvalue weighted by atomic mass is 10.0. The predicted octanol–water partition coefficient (Wildman–Crippen LogP) is 1.06. The van der Waals surface area contributed by atoms with Crippen molar-refractivity contribution in [2.45, 2.75) is 19.5 Å². The minimum Gasteiger partial charge on any atom is -0.344 e. The van der Waals surface area contributed by atoms with E-state index >= 15 is 0 Å². The van der Waals surface area contributed by atoms with Gasteiger partial charge < -0.3 is 15.1 Å². The Labute approximate surface area is 170 Å². The summed E-state index contributed by atoms with van der Waals surface area (Å²) in [4.78, 5) is 16.6. The summed E-state index contributed by atoms with van der Waals surface area (Å²) in [7, 11) is 0. The van der Waals surface area contributed by atoms with Crippen LogP contribution in [0.5, 0.6) is 0 Å². The minimum absolute atomic E-state index is 0.102. The van der Waals surface area contributed by atoms with E-state index < -0.39 is 0 Å². The molecule has 1 aliphatic rings. The largest absolute Gasteiger partial charge is 0.344 e. The van der Waals surface area contributed by atoms with Crippen LogP contribution in [-0.4, -0.2) is 38.6 Å². The lowest BCUT2D eigenvalue weighted by Crippen LogP contribution is -3.28. The highest BCUT2D eigenvalue weighted by Crippen LogP contribution is 2.18. The van der Waals surface area contributed by atoms with Crippen molar-refractivity contribution < 1.29 is 14.6 Å². The number of fused-ring (bicyclic) bond motifs is 1. The maximum absolute atomic E-state index is 12.4. The first-order valence-electron chi connectivity index (χ1n) is 10.2. The lowest BCUT2D eigenvalue weighted by molar-refractivity contribution is -1.02. The summed E-state index contributed by atoms with van der Waals surface area (Å²) in [5.74, 6) is 0.161. The van der Waals surface area contributed by atoms with Crippen molar-refractivity contribution >= 4 is 28.0 Å². The van der Waals surface area contributed by atoms with Gasteiger partial charge >= 0.3 is 0 Å². The third-order valence-electron chi connectivity index (χ3n) is 5.74. The van der Waals surface area contributed by atoms with Crippen LogP contribution in [0.15, 0.2) is 60.0 Å². The van der Waals surface area contributed by atoms with Crippen molar-refractivity contribution in [3.05, 3.63) is 70.4 Å². The Morgan fingerprint density at radius 3 is 2.54 bits per heavy atom. The molecule has 4 rings (SSSR count). The van der Waals surface area contributed by atoms with Gasteiger partial charge in [-0.3, -0.25) is 4.79 Å². The molecule has 0 unspecified atom stereocenters. The normalized spacial score (nSPS) is 20.8. The van der Waals surface area contributed by atoms with Crippen molar-refractivity contribution in [1.82, 2.24) is 5.32 Å². The van der Waals surface area contributed by atoms with Crippen LogP contribution in [0.25, 0.3) is 10.8 Å².